The third-order valence-corrected chi connectivity index (χ3v) is 2.38. The van der Waals surface area contributed by atoms with Gasteiger partial charge in [-0.05, 0) is 36.1 Å². The van der Waals surface area contributed by atoms with E-state index in [9.17, 15) is 4.79 Å². The van der Waals surface area contributed by atoms with Gasteiger partial charge < -0.3 is 4.74 Å². The topological polar surface area (TPSA) is 26.3 Å². The number of carbonyl (C=O) groups excluding carboxylic acids is 1. The van der Waals surface area contributed by atoms with Crippen molar-refractivity contribution in [3.05, 3.63) is 29.3 Å². The Morgan fingerprint density at radius 1 is 1.40 bits per heavy atom. The molecule has 0 bridgehead atoms. The lowest BCUT2D eigenvalue weighted by Crippen LogP contribution is -2.06. The Bertz CT molecular complexity index is 354. The number of rotatable bonds is 3. The third kappa shape index (κ3) is 3.08. The van der Waals surface area contributed by atoms with Gasteiger partial charge in [-0.25, -0.2) is 0 Å². The van der Waals surface area contributed by atoms with Gasteiger partial charge in [0.1, 0.15) is 5.75 Å². The predicted molar refractivity (Wildman–Crippen MR) is 61.2 cm³/mol. The molecule has 0 aliphatic rings. The van der Waals surface area contributed by atoms with Crippen molar-refractivity contribution in [2.24, 2.45) is 0 Å². The first-order chi connectivity index (χ1) is 7.04. The molecule has 0 saturated carbocycles. The molecule has 0 heterocycles. The first-order valence-electron chi connectivity index (χ1n) is 5.35. The van der Waals surface area contributed by atoms with Crippen molar-refractivity contribution in [3.8, 4) is 5.75 Å². The largest absolute Gasteiger partial charge is 0.427 e. The molecule has 0 aliphatic heterocycles. The molecular formula is C13H18O2. The van der Waals surface area contributed by atoms with Gasteiger partial charge in [-0.3, -0.25) is 4.79 Å². The van der Waals surface area contributed by atoms with Crippen molar-refractivity contribution >= 4 is 5.97 Å². The SMILES string of the molecule is CCC(=O)Oc1ccc(C(C)C)c(C)c1. The van der Waals surface area contributed by atoms with Gasteiger partial charge in [0.05, 0.1) is 0 Å². The molecule has 0 radical (unpaired) electrons. The highest BCUT2D eigenvalue weighted by atomic mass is 16.5. The van der Waals surface area contributed by atoms with Crippen LogP contribution in [0.4, 0.5) is 0 Å². The summed E-state index contributed by atoms with van der Waals surface area (Å²) in [6.07, 6.45) is 0.408. The van der Waals surface area contributed by atoms with Gasteiger partial charge in [-0.1, -0.05) is 26.8 Å². The molecule has 82 valence electrons. The van der Waals surface area contributed by atoms with Gasteiger partial charge in [0.25, 0.3) is 0 Å². The Labute approximate surface area is 91.3 Å². The van der Waals surface area contributed by atoms with Crippen LogP contribution >= 0.6 is 0 Å². The molecule has 0 unspecified atom stereocenters. The molecule has 2 heteroatoms. The fourth-order valence-electron chi connectivity index (χ4n) is 1.56. The normalized spacial score (nSPS) is 10.5. The molecule has 1 rings (SSSR count). The first-order valence-corrected chi connectivity index (χ1v) is 5.35. The highest BCUT2D eigenvalue weighted by molar-refractivity contribution is 5.72. The van der Waals surface area contributed by atoms with Crippen molar-refractivity contribution < 1.29 is 9.53 Å². The van der Waals surface area contributed by atoms with E-state index in [1.165, 1.54) is 11.1 Å². The van der Waals surface area contributed by atoms with Crippen molar-refractivity contribution in [3.63, 3.8) is 0 Å². The molecule has 1 aromatic carbocycles. The quantitative estimate of drug-likeness (QED) is 0.559. The third-order valence-electron chi connectivity index (χ3n) is 2.38. The lowest BCUT2D eigenvalue weighted by Gasteiger charge is -2.11. The Morgan fingerprint density at radius 3 is 2.53 bits per heavy atom. The van der Waals surface area contributed by atoms with Gasteiger partial charge in [0.15, 0.2) is 0 Å². The highest BCUT2D eigenvalue weighted by Crippen LogP contribution is 2.23. The monoisotopic (exact) mass is 206 g/mol. The minimum atomic E-state index is -0.188. The summed E-state index contributed by atoms with van der Waals surface area (Å²) in [6, 6.07) is 5.80. The van der Waals surface area contributed by atoms with Crippen LogP contribution in [-0.4, -0.2) is 5.97 Å². The summed E-state index contributed by atoms with van der Waals surface area (Å²) >= 11 is 0. The molecule has 0 fully saturated rings. The molecule has 0 aromatic heterocycles. The molecule has 1 aromatic rings. The number of ether oxygens (including phenoxy) is 1. The fraction of sp³-hybridized carbons (Fsp3) is 0.462. The second-order valence-corrected chi connectivity index (χ2v) is 4.00. The van der Waals surface area contributed by atoms with Crippen LogP contribution in [0.1, 0.15) is 44.2 Å². The highest BCUT2D eigenvalue weighted by Gasteiger charge is 2.06. The average molecular weight is 206 g/mol. The summed E-state index contributed by atoms with van der Waals surface area (Å²) in [7, 11) is 0. The summed E-state index contributed by atoms with van der Waals surface area (Å²) in [6.45, 7) is 8.14. The Morgan fingerprint density at radius 2 is 2.07 bits per heavy atom. The van der Waals surface area contributed by atoms with Crippen LogP contribution in [-0.2, 0) is 4.79 Å². The van der Waals surface area contributed by atoms with Crippen LogP contribution in [0.15, 0.2) is 18.2 Å². The minimum Gasteiger partial charge on any atom is -0.427 e. The maximum atomic E-state index is 11.1. The summed E-state index contributed by atoms with van der Waals surface area (Å²) in [5, 5.41) is 0. The number of hydrogen-bond acceptors (Lipinski definition) is 2. The fourth-order valence-corrected chi connectivity index (χ4v) is 1.56. The van der Waals surface area contributed by atoms with E-state index in [0.717, 1.165) is 0 Å². The van der Waals surface area contributed by atoms with Crippen LogP contribution in [0.2, 0.25) is 0 Å². The molecule has 0 aliphatic carbocycles. The molecule has 15 heavy (non-hydrogen) atoms. The zero-order valence-electron chi connectivity index (χ0n) is 9.83. The predicted octanol–water partition coefficient (Wildman–Crippen LogP) is 3.43. The van der Waals surface area contributed by atoms with E-state index >= 15 is 0 Å². The molecule has 0 spiro atoms. The van der Waals surface area contributed by atoms with Crippen molar-refractivity contribution in [1.82, 2.24) is 0 Å². The standard InChI is InChI=1S/C13H18O2/c1-5-13(14)15-11-6-7-12(9(2)3)10(4)8-11/h6-9H,5H2,1-4H3. The maximum absolute atomic E-state index is 11.1. The van der Waals surface area contributed by atoms with E-state index in [2.05, 4.69) is 13.8 Å². The number of benzene rings is 1. The molecule has 2 nitrogen and oxygen atoms in total. The van der Waals surface area contributed by atoms with Crippen LogP contribution in [0, 0.1) is 6.92 Å². The van der Waals surface area contributed by atoms with Crippen LogP contribution in [0.25, 0.3) is 0 Å². The lowest BCUT2D eigenvalue weighted by molar-refractivity contribution is -0.134. The summed E-state index contributed by atoms with van der Waals surface area (Å²) < 4.78 is 5.14. The first kappa shape index (κ1) is 11.8. The number of aryl methyl sites for hydroxylation is 1. The summed E-state index contributed by atoms with van der Waals surface area (Å²) in [5.74, 6) is 0.955. The zero-order chi connectivity index (χ0) is 11.4. The van der Waals surface area contributed by atoms with E-state index in [0.29, 0.717) is 18.1 Å². The summed E-state index contributed by atoms with van der Waals surface area (Å²) in [5.41, 5.74) is 2.47. The molecule has 0 amide bonds. The molecular weight excluding hydrogens is 188 g/mol. The van der Waals surface area contributed by atoms with Gasteiger partial charge >= 0.3 is 5.97 Å². The van der Waals surface area contributed by atoms with E-state index in [1.807, 2.05) is 25.1 Å². The van der Waals surface area contributed by atoms with Crippen LogP contribution < -0.4 is 4.74 Å². The van der Waals surface area contributed by atoms with Crippen molar-refractivity contribution in [1.29, 1.82) is 0 Å². The van der Waals surface area contributed by atoms with Gasteiger partial charge in [-0.2, -0.15) is 0 Å². The number of carbonyl (C=O) groups is 1. The zero-order valence-corrected chi connectivity index (χ0v) is 9.83. The van der Waals surface area contributed by atoms with E-state index in [-0.39, 0.29) is 5.97 Å². The number of hydrogen-bond donors (Lipinski definition) is 0. The van der Waals surface area contributed by atoms with Gasteiger partial charge in [0, 0.05) is 6.42 Å². The molecule has 0 saturated heterocycles. The van der Waals surface area contributed by atoms with Gasteiger partial charge in [-0.15, -0.1) is 0 Å². The van der Waals surface area contributed by atoms with E-state index in [4.69, 9.17) is 4.74 Å². The van der Waals surface area contributed by atoms with E-state index in [1.54, 1.807) is 6.92 Å². The maximum Gasteiger partial charge on any atom is 0.310 e. The van der Waals surface area contributed by atoms with Crippen molar-refractivity contribution in [2.75, 3.05) is 0 Å². The Hall–Kier alpha value is -1.31. The Kier molecular flexibility index (Phi) is 3.89. The van der Waals surface area contributed by atoms with Crippen molar-refractivity contribution in [2.45, 2.75) is 40.0 Å². The Balaban J connectivity index is 2.87. The smallest absolute Gasteiger partial charge is 0.310 e. The second-order valence-electron chi connectivity index (χ2n) is 4.00. The molecule has 0 N–H and O–H groups in total. The number of esters is 1. The molecule has 0 atom stereocenters. The second kappa shape index (κ2) is 4.96. The lowest BCUT2D eigenvalue weighted by atomic mass is 9.98. The minimum absolute atomic E-state index is 0.188. The van der Waals surface area contributed by atoms with E-state index < -0.39 is 0 Å². The van der Waals surface area contributed by atoms with Gasteiger partial charge in [0.2, 0.25) is 0 Å². The summed E-state index contributed by atoms with van der Waals surface area (Å²) in [4.78, 5) is 11.1. The van der Waals surface area contributed by atoms with Crippen LogP contribution in [0.5, 0.6) is 5.75 Å². The average Bonchev–Trinajstić information content (AvgIpc) is 2.17. The van der Waals surface area contributed by atoms with Crippen LogP contribution in [0.3, 0.4) is 0 Å².